The summed E-state index contributed by atoms with van der Waals surface area (Å²) in [5.74, 6) is -3.13. The van der Waals surface area contributed by atoms with Crippen LogP contribution in [0.15, 0.2) is 0 Å². The summed E-state index contributed by atoms with van der Waals surface area (Å²) in [6.07, 6.45) is -6.88. The zero-order chi connectivity index (χ0) is 13.2. The molecule has 8 heteroatoms. The molecule has 0 aromatic carbocycles. The van der Waals surface area contributed by atoms with Crippen molar-refractivity contribution in [2.45, 2.75) is 31.7 Å². The average molecular weight is 255 g/mol. The van der Waals surface area contributed by atoms with E-state index in [1.165, 1.54) is 6.92 Å². The number of morpholine rings is 1. The van der Waals surface area contributed by atoms with Crippen molar-refractivity contribution in [3.8, 4) is 0 Å². The average Bonchev–Trinajstić information content (AvgIpc) is 2.12. The summed E-state index contributed by atoms with van der Waals surface area (Å²) in [6, 6.07) is 0. The second kappa shape index (κ2) is 4.91. The fourth-order valence-electron chi connectivity index (χ4n) is 1.70. The minimum Gasteiger partial charge on any atom is -0.481 e. The van der Waals surface area contributed by atoms with Crippen LogP contribution < -0.4 is 0 Å². The Morgan fingerprint density at radius 3 is 2.47 bits per heavy atom. The third-order valence-electron chi connectivity index (χ3n) is 2.26. The maximum Gasteiger partial charge on any atom is 0.471 e. The Balaban J connectivity index is 2.68. The zero-order valence-electron chi connectivity index (χ0n) is 9.03. The first kappa shape index (κ1) is 13.8. The Hall–Kier alpha value is -1.31. The van der Waals surface area contributed by atoms with Gasteiger partial charge in [0.25, 0.3) is 0 Å². The van der Waals surface area contributed by atoms with Crippen LogP contribution in [0.5, 0.6) is 0 Å². The predicted octanol–water partition coefficient (Wildman–Crippen LogP) is 0.639. The molecule has 0 aliphatic carbocycles. The van der Waals surface area contributed by atoms with Gasteiger partial charge in [0.1, 0.15) is 0 Å². The minimum atomic E-state index is -4.94. The first-order chi connectivity index (χ1) is 7.70. The van der Waals surface area contributed by atoms with Crippen LogP contribution in [0, 0.1) is 0 Å². The molecule has 1 aliphatic heterocycles. The van der Waals surface area contributed by atoms with E-state index in [4.69, 9.17) is 9.84 Å². The van der Waals surface area contributed by atoms with Gasteiger partial charge >= 0.3 is 18.1 Å². The lowest BCUT2D eigenvalue weighted by Gasteiger charge is -2.36. The van der Waals surface area contributed by atoms with Crippen LogP contribution in [0.1, 0.15) is 13.3 Å². The second-order valence-electron chi connectivity index (χ2n) is 3.87. The molecule has 0 spiro atoms. The normalized spacial score (nSPS) is 25.8. The molecule has 1 rings (SSSR count). The SMILES string of the molecule is CC1CN(C(=O)C(F)(F)F)CC(CC(=O)O)O1. The number of hydrogen-bond donors (Lipinski definition) is 1. The number of halogens is 3. The van der Waals surface area contributed by atoms with E-state index >= 15 is 0 Å². The topological polar surface area (TPSA) is 66.8 Å². The Morgan fingerprint density at radius 1 is 1.41 bits per heavy atom. The van der Waals surface area contributed by atoms with Gasteiger partial charge in [0.15, 0.2) is 0 Å². The number of nitrogens with zero attached hydrogens (tertiary/aromatic N) is 1. The molecule has 0 aromatic heterocycles. The van der Waals surface area contributed by atoms with E-state index in [9.17, 15) is 22.8 Å². The molecule has 1 N–H and O–H groups in total. The maximum absolute atomic E-state index is 12.2. The van der Waals surface area contributed by atoms with Crippen molar-refractivity contribution in [3.05, 3.63) is 0 Å². The summed E-state index contributed by atoms with van der Waals surface area (Å²) < 4.78 is 41.8. The number of rotatable bonds is 2. The highest BCUT2D eigenvalue weighted by atomic mass is 19.4. The van der Waals surface area contributed by atoms with Crippen molar-refractivity contribution in [1.29, 1.82) is 0 Å². The highest BCUT2D eigenvalue weighted by Crippen LogP contribution is 2.22. The minimum absolute atomic E-state index is 0.186. The summed E-state index contributed by atoms with van der Waals surface area (Å²) in [6.45, 7) is 0.952. The number of ether oxygens (including phenoxy) is 1. The van der Waals surface area contributed by atoms with Crippen LogP contribution in [0.4, 0.5) is 13.2 Å². The summed E-state index contributed by atoms with van der Waals surface area (Å²) in [5.41, 5.74) is 0. The maximum atomic E-state index is 12.2. The van der Waals surface area contributed by atoms with Crippen LogP contribution in [-0.2, 0) is 14.3 Å². The smallest absolute Gasteiger partial charge is 0.471 e. The quantitative estimate of drug-likeness (QED) is 0.786. The van der Waals surface area contributed by atoms with Gasteiger partial charge in [-0.25, -0.2) is 0 Å². The fraction of sp³-hybridized carbons (Fsp3) is 0.778. The summed E-state index contributed by atoms with van der Waals surface area (Å²) in [4.78, 5) is 22.0. The van der Waals surface area contributed by atoms with Crippen molar-refractivity contribution in [2.75, 3.05) is 13.1 Å². The Bertz CT molecular complexity index is 318. The lowest BCUT2D eigenvalue weighted by molar-refractivity contribution is -0.195. The Labute approximate surface area is 95.1 Å². The highest BCUT2D eigenvalue weighted by molar-refractivity contribution is 5.82. The molecule has 1 heterocycles. The lowest BCUT2D eigenvalue weighted by atomic mass is 10.1. The van der Waals surface area contributed by atoms with Crippen LogP contribution in [0.25, 0.3) is 0 Å². The van der Waals surface area contributed by atoms with Gasteiger partial charge in [-0.2, -0.15) is 13.2 Å². The van der Waals surface area contributed by atoms with Crippen LogP contribution in [-0.4, -0.2) is 53.4 Å². The molecule has 0 aromatic rings. The third-order valence-corrected chi connectivity index (χ3v) is 2.26. The van der Waals surface area contributed by atoms with E-state index in [-0.39, 0.29) is 13.1 Å². The molecule has 0 radical (unpaired) electrons. The van der Waals surface area contributed by atoms with Gasteiger partial charge in [-0.15, -0.1) is 0 Å². The van der Waals surface area contributed by atoms with Crippen LogP contribution in [0.2, 0.25) is 0 Å². The van der Waals surface area contributed by atoms with E-state index in [0.29, 0.717) is 4.90 Å². The monoisotopic (exact) mass is 255 g/mol. The number of carboxylic acids is 1. The van der Waals surface area contributed by atoms with E-state index < -0.39 is 36.7 Å². The number of carbonyl (C=O) groups excluding carboxylic acids is 1. The largest absolute Gasteiger partial charge is 0.481 e. The molecule has 2 unspecified atom stereocenters. The number of amides is 1. The van der Waals surface area contributed by atoms with Crippen LogP contribution >= 0.6 is 0 Å². The van der Waals surface area contributed by atoms with Gasteiger partial charge in [0.05, 0.1) is 18.6 Å². The fourth-order valence-corrected chi connectivity index (χ4v) is 1.70. The Morgan fingerprint density at radius 2 is 2.00 bits per heavy atom. The number of aliphatic carboxylic acids is 1. The molecule has 0 saturated carbocycles. The van der Waals surface area contributed by atoms with Crippen molar-refractivity contribution in [2.24, 2.45) is 0 Å². The highest BCUT2D eigenvalue weighted by Gasteiger charge is 2.44. The van der Waals surface area contributed by atoms with Crippen molar-refractivity contribution >= 4 is 11.9 Å². The molecule has 1 amide bonds. The second-order valence-corrected chi connectivity index (χ2v) is 3.87. The summed E-state index contributed by atoms with van der Waals surface area (Å²) >= 11 is 0. The van der Waals surface area contributed by atoms with E-state index in [2.05, 4.69) is 0 Å². The van der Waals surface area contributed by atoms with Crippen molar-refractivity contribution in [3.63, 3.8) is 0 Å². The summed E-state index contributed by atoms with van der Waals surface area (Å²) in [7, 11) is 0. The molecule has 1 aliphatic rings. The zero-order valence-corrected chi connectivity index (χ0v) is 9.03. The van der Waals surface area contributed by atoms with Crippen LogP contribution in [0.3, 0.4) is 0 Å². The van der Waals surface area contributed by atoms with E-state index in [0.717, 1.165) is 0 Å². The molecule has 2 atom stereocenters. The van der Waals surface area contributed by atoms with E-state index in [1.54, 1.807) is 0 Å². The number of carbonyl (C=O) groups is 2. The van der Waals surface area contributed by atoms with Gasteiger partial charge < -0.3 is 14.7 Å². The molecule has 5 nitrogen and oxygen atoms in total. The Kier molecular flexibility index (Phi) is 3.97. The standard InChI is InChI=1S/C9H12F3NO4/c1-5-3-13(8(16)9(10,11)12)4-6(17-5)2-7(14)15/h5-6H,2-4H2,1H3,(H,14,15). The van der Waals surface area contributed by atoms with Crippen molar-refractivity contribution < 1.29 is 32.6 Å². The molecule has 0 bridgehead atoms. The van der Waals surface area contributed by atoms with Gasteiger partial charge in [-0.3, -0.25) is 9.59 Å². The summed E-state index contributed by atoms with van der Waals surface area (Å²) in [5, 5.41) is 8.53. The predicted molar refractivity (Wildman–Crippen MR) is 49.2 cm³/mol. The molecular formula is C9H12F3NO4. The van der Waals surface area contributed by atoms with Gasteiger partial charge in [-0.05, 0) is 6.92 Å². The molecule has 1 fully saturated rings. The lowest BCUT2D eigenvalue weighted by Crippen LogP contribution is -2.53. The number of hydrogen-bond acceptors (Lipinski definition) is 3. The van der Waals surface area contributed by atoms with Gasteiger partial charge in [-0.1, -0.05) is 0 Å². The third kappa shape index (κ3) is 3.88. The number of alkyl halides is 3. The van der Waals surface area contributed by atoms with Gasteiger partial charge in [0.2, 0.25) is 0 Å². The first-order valence-electron chi connectivity index (χ1n) is 4.93. The van der Waals surface area contributed by atoms with Crippen molar-refractivity contribution in [1.82, 2.24) is 4.90 Å². The first-order valence-corrected chi connectivity index (χ1v) is 4.93. The number of carboxylic acid groups (broad SMARTS) is 1. The molecule has 17 heavy (non-hydrogen) atoms. The van der Waals surface area contributed by atoms with Gasteiger partial charge in [0, 0.05) is 13.1 Å². The molecule has 1 saturated heterocycles. The van der Waals surface area contributed by atoms with E-state index in [1.807, 2.05) is 0 Å². The molecular weight excluding hydrogens is 243 g/mol. The molecule has 98 valence electrons.